The Morgan fingerprint density at radius 1 is 1.03 bits per heavy atom. The molecule has 0 aliphatic carbocycles. The molecular formula is C23H31FN6S. The van der Waals surface area contributed by atoms with E-state index in [4.69, 9.17) is 22.2 Å². The predicted molar refractivity (Wildman–Crippen MR) is 128 cm³/mol. The van der Waals surface area contributed by atoms with Crippen molar-refractivity contribution in [3.05, 3.63) is 41.7 Å². The summed E-state index contributed by atoms with van der Waals surface area (Å²) >= 11 is 5.48. The average Bonchev–Trinajstić information content (AvgIpc) is 2.79. The molecule has 0 unspecified atom stereocenters. The van der Waals surface area contributed by atoms with Gasteiger partial charge in [-0.3, -0.25) is 0 Å². The van der Waals surface area contributed by atoms with Gasteiger partial charge >= 0.3 is 0 Å². The van der Waals surface area contributed by atoms with Gasteiger partial charge in [-0.15, -0.1) is 0 Å². The molecule has 2 aliphatic rings. The highest BCUT2D eigenvalue weighted by atomic mass is 32.1. The molecule has 31 heavy (non-hydrogen) atoms. The van der Waals surface area contributed by atoms with Gasteiger partial charge in [-0.2, -0.15) is 9.97 Å². The second-order valence-corrected chi connectivity index (χ2v) is 8.84. The molecular weight excluding hydrogens is 411 g/mol. The van der Waals surface area contributed by atoms with Crippen LogP contribution in [0.2, 0.25) is 0 Å². The number of hydrogen-bond acceptors (Lipinski definition) is 5. The fraction of sp³-hybridized carbons (Fsp3) is 0.522. The van der Waals surface area contributed by atoms with Crippen LogP contribution in [-0.2, 0) is 6.54 Å². The minimum Gasteiger partial charge on any atom is -0.358 e. The molecule has 0 bridgehead atoms. The van der Waals surface area contributed by atoms with Gasteiger partial charge in [0.25, 0.3) is 0 Å². The highest BCUT2D eigenvalue weighted by Crippen LogP contribution is 2.28. The van der Waals surface area contributed by atoms with Gasteiger partial charge in [-0.05, 0) is 75.4 Å². The first-order valence-corrected chi connectivity index (χ1v) is 11.7. The van der Waals surface area contributed by atoms with E-state index < -0.39 is 0 Å². The number of thiocarbonyl (C=S) groups is 1. The Labute approximate surface area is 189 Å². The summed E-state index contributed by atoms with van der Waals surface area (Å²) in [5.41, 5.74) is 0.955. The Morgan fingerprint density at radius 3 is 2.48 bits per heavy atom. The Hall–Kier alpha value is -2.48. The lowest BCUT2D eigenvalue weighted by Gasteiger charge is -2.35. The maximum Gasteiger partial charge on any atom is 0.232 e. The van der Waals surface area contributed by atoms with Crippen LogP contribution in [0.15, 0.2) is 30.3 Å². The maximum atomic E-state index is 13.1. The minimum absolute atomic E-state index is 0.244. The van der Waals surface area contributed by atoms with Crippen molar-refractivity contribution in [3.63, 3.8) is 0 Å². The van der Waals surface area contributed by atoms with Gasteiger partial charge in [0.15, 0.2) is 5.11 Å². The number of rotatable bonds is 5. The molecule has 0 saturated carbocycles. The molecule has 0 spiro atoms. The van der Waals surface area contributed by atoms with Crippen LogP contribution in [0.25, 0.3) is 0 Å². The van der Waals surface area contributed by atoms with Gasteiger partial charge in [0.1, 0.15) is 17.5 Å². The fourth-order valence-corrected chi connectivity index (χ4v) is 4.44. The van der Waals surface area contributed by atoms with E-state index in [1.54, 1.807) is 12.1 Å². The maximum absolute atomic E-state index is 13.1. The number of aromatic nitrogens is 2. The molecule has 166 valence electrons. The number of benzene rings is 1. The Kier molecular flexibility index (Phi) is 7.17. The third-order valence-electron chi connectivity index (χ3n) is 6.07. The van der Waals surface area contributed by atoms with Crippen molar-refractivity contribution in [2.24, 2.45) is 0 Å². The van der Waals surface area contributed by atoms with Gasteiger partial charge in [-0.1, -0.05) is 12.1 Å². The summed E-state index contributed by atoms with van der Waals surface area (Å²) in [6.07, 6.45) is 7.31. The van der Waals surface area contributed by atoms with Gasteiger partial charge < -0.3 is 20.4 Å². The van der Waals surface area contributed by atoms with Crippen molar-refractivity contribution in [2.75, 3.05) is 34.8 Å². The molecule has 1 atom stereocenters. The van der Waals surface area contributed by atoms with Gasteiger partial charge in [0.2, 0.25) is 5.95 Å². The molecule has 2 fully saturated rings. The molecule has 0 amide bonds. The SMILES string of the molecule is C[C@@H]1CCCCN1c1cc(N2CCCCC2)nc(NC(=S)NCc2ccc(F)cc2)n1. The van der Waals surface area contributed by atoms with Crippen LogP contribution in [0.1, 0.15) is 51.0 Å². The first-order valence-electron chi connectivity index (χ1n) is 11.3. The number of anilines is 3. The largest absolute Gasteiger partial charge is 0.358 e. The Morgan fingerprint density at radius 2 is 1.74 bits per heavy atom. The molecule has 1 aromatic carbocycles. The third-order valence-corrected chi connectivity index (χ3v) is 6.31. The first kappa shape index (κ1) is 21.7. The van der Waals surface area contributed by atoms with E-state index in [2.05, 4.69) is 33.4 Å². The van der Waals surface area contributed by atoms with E-state index in [0.717, 1.165) is 36.8 Å². The molecule has 1 aromatic heterocycles. The molecule has 3 heterocycles. The summed E-state index contributed by atoms with van der Waals surface area (Å²) in [5, 5.41) is 6.79. The second-order valence-electron chi connectivity index (χ2n) is 8.43. The van der Waals surface area contributed by atoms with Crippen molar-refractivity contribution < 1.29 is 4.39 Å². The van der Waals surface area contributed by atoms with Crippen LogP contribution in [-0.4, -0.2) is 40.8 Å². The van der Waals surface area contributed by atoms with Crippen molar-refractivity contribution in [1.82, 2.24) is 15.3 Å². The summed E-state index contributed by atoms with van der Waals surface area (Å²) < 4.78 is 13.1. The molecule has 0 radical (unpaired) electrons. The number of piperidine rings is 2. The van der Waals surface area contributed by atoms with Crippen LogP contribution in [0.5, 0.6) is 0 Å². The lowest BCUT2D eigenvalue weighted by molar-refractivity contribution is 0.481. The normalized spacial score (nSPS) is 19.2. The zero-order valence-corrected chi connectivity index (χ0v) is 18.9. The summed E-state index contributed by atoms with van der Waals surface area (Å²) in [7, 11) is 0. The molecule has 4 rings (SSSR count). The standard InChI is InChI=1S/C23H31FN6S/c1-17-7-3-6-14-30(17)21-15-20(29-12-4-2-5-13-29)26-22(27-21)28-23(31)25-16-18-8-10-19(24)11-9-18/h8-11,15,17H,2-7,12-14,16H2,1H3,(H2,25,26,27,28,31)/t17-/m1/s1. The summed E-state index contributed by atoms with van der Waals surface area (Å²) in [6, 6.07) is 8.99. The van der Waals surface area contributed by atoms with Crippen molar-refractivity contribution in [2.45, 2.75) is 58.0 Å². The van der Waals surface area contributed by atoms with Crippen molar-refractivity contribution in [3.8, 4) is 0 Å². The molecule has 2 aromatic rings. The van der Waals surface area contributed by atoms with Crippen LogP contribution >= 0.6 is 12.2 Å². The topological polar surface area (TPSA) is 56.3 Å². The molecule has 8 heteroatoms. The number of nitrogens with one attached hydrogen (secondary N) is 2. The lowest BCUT2D eigenvalue weighted by Crippen LogP contribution is -2.39. The number of halogens is 1. The van der Waals surface area contributed by atoms with Crippen LogP contribution in [0.4, 0.5) is 22.0 Å². The van der Waals surface area contributed by atoms with Gasteiger partial charge in [0, 0.05) is 38.3 Å². The average molecular weight is 443 g/mol. The third kappa shape index (κ3) is 5.81. The van der Waals surface area contributed by atoms with Crippen molar-refractivity contribution >= 4 is 34.9 Å². The summed E-state index contributed by atoms with van der Waals surface area (Å²) in [6.45, 7) is 5.85. The second kappa shape index (κ2) is 10.2. The highest BCUT2D eigenvalue weighted by molar-refractivity contribution is 7.80. The fourth-order valence-electron chi connectivity index (χ4n) is 4.28. The van der Waals surface area contributed by atoms with Crippen LogP contribution in [0.3, 0.4) is 0 Å². The van der Waals surface area contributed by atoms with Crippen LogP contribution in [0, 0.1) is 5.82 Å². The Balaban J connectivity index is 1.49. The Bertz CT molecular complexity index is 884. The van der Waals surface area contributed by atoms with Gasteiger partial charge in [0.05, 0.1) is 0 Å². The smallest absolute Gasteiger partial charge is 0.232 e. The first-order chi connectivity index (χ1) is 15.1. The molecule has 2 N–H and O–H groups in total. The van der Waals surface area contributed by atoms with E-state index in [0.29, 0.717) is 23.6 Å². The van der Waals surface area contributed by atoms with E-state index in [-0.39, 0.29) is 5.82 Å². The molecule has 2 saturated heterocycles. The van der Waals surface area contributed by atoms with E-state index >= 15 is 0 Å². The number of nitrogens with zero attached hydrogens (tertiary/aromatic N) is 4. The predicted octanol–water partition coefficient (Wildman–Crippen LogP) is 4.47. The highest BCUT2D eigenvalue weighted by Gasteiger charge is 2.23. The summed E-state index contributed by atoms with van der Waals surface area (Å²) in [4.78, 5) is 14.3. The van der Waals surface area contributed by atoms with Crippen LogP contribution < -0.4 is 20.4 Å². The zero-order valence-electron chi connectivity index (χ0n) is 18.1. The van der Waals surface area contributed by atoms with Crippen molar-refractivity contribution in [1.29, 1.82) is 0 Å². The zero-order chi connectivity index (χ0) is 21.6. The van der Waals surface area contributed by atoms with E-state index in [1.807, 2.05) is 0 Å². The molecule has 2 aliphatic heterocycles. The monoisotopic (exact) mass is 442 g/mol. The summed E-state index contributed by atoms with van der Waals surface area (Å²) in [5.74, 6) is 2.21. The number of hydrogen-bond donors (Lipinski definition) is 2. The van der Waals surface area contributed by atoms with E-state index in [9.17, 15) is 4.39 Å². The lowest BCUT2D eigenvalue weighted by atomic mass is 10.0. The van der Waals surface area contributed by atoms with E-state index in [1.165, 1.54) is 50.7 Å². The van der Waals surface area contributed by atoms with Gasteiger partial charge in [-0.25, -0.2) is 4.39 Å². The molecule has 6 nitrogen and oxygen atoms in total. The quantitative estimate of drug-likeness (QED) is 0.663. The minimum atomic E-state index is -0.244.